The second kappa shape index (κ2) is 37.9. The lowest BCUT2D eigenvalue weighted by Crippen LogP contribution is -2.34. The van der Waals surface area contributed by atoms with Gasteiger partial charge in [0.05, 0.1) is 13.2 Å². The van der Waals surface area contributed by atoms with Crippen LogP contribution in [-0.2, 0) is 37.5 Å². The summed E-state index contributed by atoms with van der Waals surface area (Å²) in [5.41, 5.74) is 5.33. The topological polar surface area (TPSA) is 172 Å². The Morgan fingerprint density at radius 2 is 1.02 bits per heavy atom. The van der Waals surface area contributed by atoms with Gasteiger partial charge in [0.15, 0.2) is 6.10 Å². The number of esters is 2. The summed E-state index contributed by atoms with van der Waals surface area (Å²) in [6, 6.07) is -1.52. The van der Waals surface area contributed by atoms with Crippen LogP contribution in [0, 0.1) is 0 Å². The van der Waals surface area contributed by atoms with Crippen LogP contribution in [0.2, 0.25) is 0 Å². The van der Waals surface area contributed by atoms with E-state index in [-0.39, 0.29) is 19.4 Å². The Morgan fingerprint density at radius 3 is 1.50 bits per heavy atom. The molecule has 0 heterocycles. The van der Waals surface area contributed by atoms with Gasteiger partial charge in [-0.2, -0.15) is 0 Å². The molecule has 4 N–H and O–H groups in total. The van der Waals surface area contributed by atoms with Crippen LogP contribution in [0.25, 0.3) is 0 Å². The largest absolute Gasteiger partial charge is 0.480 e. The summed E-state index contributed by atoms with van der Waals surface area (Å²) in [5.74, 6) is -2.40. The number of ether oxygens (including phenoxy) is 2. The van der Waals surface area contributed by atoms with Gasteiger partial charge in [0, 0.05) is 12.8 Å². The summed E-state index contributed by atoms with van der Waals surface area (Å²) < 4.78 is 32.6. The van der Waals surface area contributed by atoms with Gasteiger partial charge in [-0.15, -0.1) is 6.58 Å². The number of carbonyl (C=O) groups excluding carboxylic acids is 2. The SMILES string of the molecule is C=CCCCCCCCCCCCCCCCC(=O)OC[C@H](COP(=O)(O)OC[C@H](N)C(=O)O)OC(=O)CCCCC/C=C/CCCCCCCCCC. The molecule has 0 radical (unpaired) electrons. The van der Waals surface area contributed by atoms with Crippen molar-refractivity contribution in [1.82, 2.24) is 0 Å². The molecular weight excluding hydrogens is 709 g/mol. The Hall–Kier alpha value is -2.04. The molecule has 0 bridgehead atoms. The third-order valence-corrected chi connectivity index (χ3v) is 10.3. The van der Waals surface area contributed by atoms with Crippen LogP contribution in [0.5, 0.6) is 0 Å². The lowest BCUT2D eigenvalue weighted by molar-refractivity contribution is -0.161. The lowest BCUT2D eigenvalue weighted by Gasteiger charge is -2.20. The molecule has 54 heavy (non-hydrogen) atoms. The third kappa shape index (κ3) is 36.9. The predicted octanol–water partition coefficient (Wildman–Crippen LogP) is 11.1. The molecule has 0 aliphatic rings. The zero-order valence-corrected chi connectivity index (χ0v) is 34.8. The first-order valence-electron chi connectivity index (χ1n) is 21.3. The number of unbranched alkanes of at least 4 members (excludes halogenated alkanes) is 24. The summed E-state index contributed by atoms with van der Waals surface area (Å²) in [6.45, 7) is 4.31. The van der Waals surface area contributed by atoms with Crippen LogP contribution < -0.4 is 5.73 Å². The first-order valence-corrected chi connectivity index (χ1v) is 22.8. The number of phosphoric acid groups is 1. The molecule has 0 aliphatic carbocycles. The van der Waals surface area contributed by atoms with Gasteiger partial charge >= 0.3 is 25.7 Å². The zero-order valence-electron chi connectivity index (χ0n) is 33.9. The van der Waals surface area contributed by atoms with Crippen LogP contribution in [0.1, 0.15) is 193 Å². The Kier molecular flexibility index (Phi) is 36.4. The first kappa shape index (κ1) is 52.0. The quantitative estimate of drug-likeness (QED) is 0.0233. The van der Waals surface area contributed by atoms with Crippen LogP contribution in [-0.4, -0.2) is 59.9 Å². The number of carboxylic acids is 1. The highest BCUT2D eigenvalue weighted by Gasteiger charge is 2.28. The summed E-state index contributed by atoms with van der Waals surface area (Å²) >= 11 is 0. The summed E-state index contributed by atoms with van der Waals surface area (Å²) in [7, 11) is -4.71. The van der Waals surface area contributed by atoms with Crippen molar-refractivity contribution in [2.75, 3.05) is 19.8 Å². The fourth-order valence-corrected chi connectivity index (χ4v) is 6.70. The van der Waals surface area contributed by atoms with Crippen molar-refractivity contribution in [2.24, 2.45) is 5.73 Å². The Bertz CT molecular complexity index is 1010. The molecule has 0 rings (SSSR count). The van der Waals surface area contributed by atoms with Crippen molar-refractivity contribution in [3.8, 4) is 0 Å². The number of carboxylic acid groups (broad SMARTS) is 1. The second-order valence-corrected chi connectivity index (χ2v) is 16.0. The minimum Gasteiger partial charge on any atom is -0.480 e. The van der Waals surface area contributed by atoms with Crippen molar-refractivity contribution in [3.05, 3.63) is 24.8 Å². The highest BCUT2D eigenvalue weighted by molar-refractivity contribution is 7.47. The monoisotopic (exact) mass is 788 g/mol. The van der Waals surface area contributed by atoms with Crippen molar-refractivity contribution in [2.45, 2.75) is 205 Å². The smallest absolute Gasteiger partial charge is 0.472 e. The van der Waals surface area contributed by atoms with Crippen molar-refractivity contribution in [1.29, 1.82) is 0 Å². The number of allylic oxidation sites excluding steroid dienone is 3. The zero-order chi connectivity index (χ0) is 40.0. The molecule has 0 amide bonds. The summed E-state index contributed by atoms with van der Waals surface area (Å²) in [6.07, 6.45) is 37.1. The van der Waals surface area contributed by atoms with Gasteiger partial charge in [0.25, 0.3) is 0 Å². The Morgan fingerprint density at radius 1 is 0.611 bits per heavy atom. The van der Waals surface area contributed by atoms with Gasteiger partial charge in [0.2, 0.25) is 0 Å². The lowest BCUT2D eigenvalue weighted by atomic mass is 10.0. The molecule has 0 saturated carbocycles. The average Bonchev–Trinajstić information content (AvgIpc) is 3.14. The van der Waals surface area contributed by atoms with Gasteiger partial charge in [-0.25, -0.2) is 4.57 Å². The van der Waals surface area contributed by atoms with Crippen LogP contribution in [0.4, 0.5) is 0 Å². The van der Waals surface area contributed by atoms with Crippen LogP contribution in [0.3, 0.4) is 0 Å². The van der Waals surface area contributed by atoms with Crippen molar-refractivity contribution < 1.29 is 47.5 Å². The molecule has 11 nitrogen and oxygen atoms in total. The van der Waals surface area contributed by atoms with E-state index in [2.05, 4.69) is 30.2 Å². The number of rotatable bonds is 41. The van der Waals surface area contributed by atoms with E-state index in [0.717, 1.165) is 51.4 Å². The van der Waals surface area contributed by atoms with Gasteiger partial charge < -0.3 is 25.2 Å². The minimum atomic E-state index is -4.71. The van der Waals surface area contributed by atoms with Gasteiger partial charge in [-0.1, -0.05) is 147 Å². The summed E-state index contributed by atoms with van der Waals surface area (Å²) in [5, 5.41) is 8.88. The van der Waals surface area contributed by atoms with Gasteiger partial charge in [0.1, 0.15) is 12.6 Å². The molecule has 1 unspecified atom stereocenters. The molecular formula is C42H78NO10P. The molecule has 12 heteroatoms. The number of aliphatic carboxylic acids is 1. The molecule has 0 spiro atoms. The molecule has 0 aromatic rings. The first-order chi connectivity index (χ1) is 26.1. The number of hydrogen-bond donors (Lipinski definition) is 3. The van der Waals surface area contributed by atoms with E-state index >= 15 is 0 Å². The highest BCUT2D eigenvalue weighted by atomic mass is 31.2. The number of phosphoric ester groups is 1. The van der Waals surface area contributed by atoms with E-state index in [1.165, 1.54) is 109 Å². The predicted molar refractivity (Wildman–Crippen MR) is 217 cm³/mol. The maximum Gasteiger partial charge on any atom is 0.472 e. The van der Waals surface area contributed by atoms with E-state index in [0.29, 0.717) is 12.8 Å². The average molecular weight is 788 g/mol. The molecule has 0 aromatic carbocycles. The second-order valence-electron chi connectivity index (χ2n) is 14.6. The standard InChI is InChI=1S/C42H78NO10P/c1-3-5-7-9-11-13-15-17-19-21-23-25-27-29-31-33-40(44)50-35-38(36-51-54(48,49)52-37-39(43)42(46)47)53-41(45)34-32-30-28-26-24-22-20-18-16-14-12-10-8-6-4-2/h3,22,24,38-39H,1,4-21,23,25-37,43H2,2H3,(H,46,47)(H,48,49)/b24-22+/t38-,39+/m1/s1. The molecule has 0 aromatic heterocycles. The molecule has 316 valence electrons. The number of carbonyl (C=O) groups is 3. The van der Waals surface area contributed by atoms with Crippen molar-refractivity contribution in [3.63, 3.8) is 0 Å². The van der Waals surface area contributed by atoms with Crippen molar-refractivity contribution >= 4 is 25.7 Å². The maximum atomic E-state index is 12.6. The van der Waals surface area contributed by atoms with Crippen LogP contribution in [0.15, 0.2) is 24.8 Å². The molecule has 0 saturated heterocycles. The van der Waals surface area contributed by atoms with E-state index in [1.54, 1.807) is 0 Å². The van der Waals surface area contributed by atoms with E-state index < -0.39 is 51.1 Å². The maximum absolute atomic E-state index is 12.6. The normalized spacial score (nSPS) is 13.8. The molecule has 3 atom stereocenters. The molecule has 0 fully saturated rings. The number of nitrogens with two attached hydrogens (primary N) is 1. The highest BCUT2D eigenvalue weighted by Crippen LogP contribution is 2.43. The third-order valence-electron chi connectivity index (χ3n) is 9.32. The van der Waals surface area contributed by atoms with Gasteiger partial charge in [-0.05, 0) is 51.4 Å². The minimum absolute atomic E-state index is 0.142. The summed E-state index contributed by atoms with van der Waals surface area (Å²) in [4.78, 5) is 45.9. The fraction of sp³-hybridized carbons (Fsp3) is 0.833. The van der Waals surface area contributed by atoms with E-state index in [9.17, 15) is 23.8 Å². The Balaban J connectivity index is 4.37. The number of hydrogen-bond acceptors (Lipinski definition) is 9. The molecule has 0 aliphatic heterocycles. The van der Waals surface area contributed by atoms with Gasteiger partial charge in [-0.3, -0.25) is 23.4 Å². The van der Waals surface area contributed by atoms with Crippen LogP contribution >= 0.6 is 7.82 Å². The Labute approximate surface area is 328 Å². The fourth-order valence-electron chi connectivity index (χ4n) is 5.92. The van der Waals surface area contributed by atoms with E-state index in [4.69, 9.17) is 24.8 Å². The van der Waals surface area contributed by atoms with E-state index in [1.807, 2.05) is 6.08 Å².